The lowest BCUT2D eigenvalue weighted by Gasteiger charge is -1.99. The average Bonchev–Trinajstić information content (AvgIpc) is 2.14. The lowest BCUT2D eigenvalue weighted by atomic mass is 10.4. The SMILES string of the molecule is C[C]1OCC(CCl)O1. The molecular weight excluding hydrogens is 128 g/mol. The highest BCUT2D eigenvalue weighted by molar-refractivity contribution is 6.18. The molecule has 0 amide bonds. The van der Waals surface area contributed by atoms with Gasteiger partial charge in [0, 0.05) is 0 Å². The molecule has 0 aromatic heterocycles. The molecule has 1 aliphatic rings. The topological polar surface area (TPSA) is 18.5 Å². The van der Waals surface area contributed by atoms with Crippen molar-refractivity contribution in [3.05, 3.63) is 6.29 Å². The Morgan fingerprint density at radius 1 is 1.88 bits per heavy atom. The molecule has 1 heterocycles. The molecule has 1 aliphatic heterocycles. The van der Waals surface area contributed by atoms with Crippen LogP contribution in [0.5, 0.6) is 0 Å². The van der Waals surface area contributed by atoms with Gasteiger partial charge in [-0.1, -0.05) is 0 Å². The van der Waals surface area contributed by atoms with Crippen LogP contribution < -0.4 is 0 Å². The van der Waals surface area contributed by atoms with Crippen LogP contribution in [0.4, 0.5) is 0 Å². The smallest absolute Gasteiger partial charge is 0.220 e. The van der Waals surface area contributed by atoms with Crippen LogP contribution in [0.2, 0.25) is 0 Å². The second kappa shape index (κ2) is 2.67. The highest BCUT2D eigenvalue weighted by Gasteiger charge is 2.22. The Hall–Kier alpha value is 0.210. The summed E-state index contributed by atoms with van der Waals surface area (Å²) < 4.78 is 10.0. The molecule has 1 unspecified atom stereocenters. The van der Waals surface area contributed by atoms with Gasteiger partial charge in [0.2, 0.25) is 6.29 Å². The molecule has 1 saturated heterocycles. The minimum Gasteiger partial charge on any atom is -0.343 e. The van der Waals surface area contributed by atoms with Gasteiger partial charge in [0.25, 0.3) is 0 Å². The van der Waals surface area contributed by atoms with Crippen molar-refractivity contribution in [2.45, 2.75) is 13.0 Å². The standard InChI is InChI=1S/C5H8ClO2/c1-4-7-3-5(2-6)8-4/h5H,2-3H2,1H3. The molecule has 0 aromatic rings. The second-order valence-corrected chi connectivity index (χ2v) is 2.01. The fraction of sp³-hybridized carbons (Fsp3) is 0.800. The van der Waals surface area contributed by atoms with E-state index in [-0.39, 0.29) is 6.10 Å². The second-order valence-electron chi connectivity index (χ2n) is 1.70. The number of alkyl halides is 1. The molecule has 8 heavy (non-hydrogen) atoms. The van der Waals surface area contributed by atoms with Gasteiger partial charge in [-0.15, -0.1) is 11.6 Å². The summed E-state index contributed by atoms with van der Waals surface area (Å²) >= 11 is 5.45. The van der Waals surface area contributed by atoms with Crippen molar-refractivity contribution >= 4 is 11.6 Å². The molecule has 1 rings (SSSR count). The number of halogens is 1. The molecule has 0 saturated carbocycles. The number of rotatable bonds is 1. The van der Waals surface area contributed by atoms with E-state index in [1.54, 1.807) is 6.92 Å². The van der Waals surface area contributed by atoms with Crippen molar-refractivity contribution in [2.24, 2.45) is 0 Å². The van der Waals surface area contributed by atoms with Crippen LogP contribution in [0.15, 0.2) is 0 Å². The average molecular weight is 136 g/mol. The Bertz CT molecular complexity index is 76.8. The van der Waals surface area contributed by atoms with Crippen LogP contribution in [-0.2, 0) is 9.47 Å². The maximum atomic E-state index is 5.45. The largest absolute Gasteiger partial charge is 0.343 e. The lowest BCUT2D eigenvalue weighted by Crippen LogP contribution is -2.10. The van der Waals surface area contributed by atoms with E-state index in [0.29, 0.717) is 18.8 Å². The molecular formula is C5H8ClO2. The zero-order valence-electron chi connectivity index (χ0n) is 4.69. The summed E-state index contributed by atoms with van der Waals surface area (Å²) in [6, 6.07) is 0. The van der Waals surface area contributed by atoms with Gasteiger partial charge in [0.1, 0.15) is 0 Å². The van der Waals surface area contributed by atoms with Crippen LogP contribution in [-0.4, -0.2) is 18.6 Å². The van der Waals surface area contributed by atoms with Crippen molar-refractivity contribution in [1.82, 2.24) is 0 Å². The first-order chi connectivity index (χ1) is 3.83. The van der Waals surface area contributed by atoms with Crippen molar-refractivity contribution in [3.63, 3.8) is 0 Å². The molecule has 0 bridgehead atoms. The summed E-state index contributed by atoms with van der Waals surface area (Å²) in [6.07, 6.45) is 0.715. The zero-order chi connectivity index (χ0) is 5.98. The quantitative estimate of drug-likeness (QED) is 0.503. The van der Waals surface area contributed by atoms with E-state index >= 15 is 0 Å². The summed E-state index contributed by atoms with van der Waals surface area (Å²) in [4.78, 5) is 0. The van der Waals surface area contributed by atoms with Crippen LogP contribution in [0.25, 0.3) is 0 Å². The maximum Gasteiger partial charge on any atom is 0.220 e. The third-order valence-electron chi connectivity index (χ3n) is 0.977. The molecule has 1 fully saturated rings. The minimum absolute atomic E-state index is 0.0802. The molecule has 2 nitrogen and oxygen atoms in total. The first kappa shape index (κ1) is 6.33. The van der Waals surface area contributed by atoms with Gasteiger partial charge in [-0.3, -0.25) is 0 Å². The molecule has 0 spiro atoms. The van der Waals surface area contributed by atoms with E-state index in [2.05, 4.69) is 0 Å². The summed E-state index contributed by atoms with van der Waals surface area (Å²) in [5.74, 6) is 0.511. The Morgan fingerprint density at radius 3 is 2.88 bits per heavy atom. The molecule has 1 radical (unpaired) electrons. The highest BCUT2D eigenvalue weighted by Crippen LogP contribution is 2.16. The van der Waals surface area contributed by atoms with Crippen LogP contribution in [0, 0.1) is 6.29 Å². The van der Waals surface area contributed by atoms with Gasteiger partial charge in [-0.05, 0) is 6.92 Å². The monoisotopic (exact) mass is 135 g/mol. The predicted molar refractivity (Wildman–Crippen MR) is 30.5 cm³/mol. The predicted octanol–water partition coefficient (Wildman–Crippen LogP) is 1.15. The highest BCUT2D eigenvalue weighted by atomic mass is 35.5. The molecule has 0 aromatic carbocycles. The van der Waals surface area contributed by atoms with Gasteiger partial charge in [0.05, 0.1) is 18.6 Å². The van der Waals surface area contributed by atoms with E-state index in [4.69, 9.17) is 21.1 Å². The van der Waals surface area contributed by atoms with Crippen molar-refractivity contribution < 1.29 is 9.47 Å². The minimum atomic E-state index is 0.0802. The number of hydrogen-bond donors (Lipinski definition) is 0. The van der Waals surface area contributed by atoms with Gasteiger partial charge >= 0.3 is 0 Å². The Labute approximate surface area is 53.7 Å². The van der Waals surface area contributed by atoms with Gasteiger partial charge in [-0.2, -0.15) is 0 Å². The van der Waals surface area contributed by atoms with Crippen molar-refractivity contribution in [3.8, 4) is 0 Å². The van der Waals surface area contributed by atoms with Gasteiger partial charge < -0.3 is 9.47 Å². The molecule has 0 aliphatic carbocycles. The Balaban J connectivity index is 2.22. The van der Waals surface area contributed by atoms with E-state index in [1.807, 2.05) is 0 Å². The Morgan fingerprint density at radius 2 is 2.62 bits per heavy atom. The van der Waals surface area contributed by atoms with Crippen LogP contribution >= 0.6 is 11.6 Å². The van der Waals surface area contributed by atoms with Crippen LogP contribution in [0.3, 0.4) is 0 Å². The third-order valence-corrected chi connectivity index (χ3v) is 1.32. The van der Waals surface area contributed by atoms with E-state index < -0.39 is 0 Å². The summed E-state index contributed by atoms with van der Waals surface area (Å²) in [6.45, 7) is 2.39. The van der Waals surface area contributed by atoms with Gasteiger partial charge in [-0.25, -0.2) is 0 Å². The molecule has 3 heteroatoms. The van der Waals surface area contributed by atoms with E-state index in [0.717, 1.165) is 0 Å². The Kier molecular flexibility index (Phi) is 2.11. The third kappa shape index (κ3) is 1.34. The van der Waals surface area contributed by atoms with Crippen molar-refractivity contribution in [2.75, 3.05) is 12.5 Å². The fourth-order valence-electron chi connectivity index (χ4n) is 0.589. The molecule has 47 valence electrons. The first-order valence-corrected chi connectivity index (χ1v) is 3.05. The summed E-state index contributed by atoms with van der Waals surface area (Å²) in [7, 11) is 0. The normalized spacial score (nSPS) is 31.5. The summed E-state index contributed by atoms with van der Waals surface area (Å²) in [5, 5.41) is 0. The molecule has 0 N–H and O–H groups in total. The van der Waals surface area contributed by atoms with Crippen molar-refractivity contribution in [1.29, 1.82) is 0 Å². The molecule has 1 atom stereocenters. The summed E-state index contributed by atoms with van der Waals surface area (Å²) in [5.41, 5.74) is 0. The van der Waals surface area contributed by atoms with E-state index in [1.165, 1.54) is 0 Å². The zero-order valence-corrected chi connectivity index (χ0v) is 5.44. The fourth-order valence-corrected chi connectivity index (χ4v) is 0.741. The maximum absolute atomic E-state index is 5.45. The van der Waals surface area contributed by atoms with Gasteiger partial charge in [0.15, 0.2) is 0 Å². The number of hydrogen-bond acceptors (Lipinski definition) is 2. The lowest BCUT2D eigenvalue weighted by molar-refractivity contribution is 0.0677. The van der Waals surface area contributed by atoms with Crippen LogP contribution in [0.1, 0.15) is 6.92 Å². The number of ether oxygens (including phenoxy) is 2. The van der Waals surface area contributed by atoms with E-state index in [9.17, 15) is 0 Å². The first-order valence-electron chi connectivity index (χ1n) is 2.52.